The van der Waals surface area contributed by atoms with Gasteiger partial charge in [-0.05, 0) is 20.1 Å². The molecule has 15 heavy (non-hydrogen) atoms. The summed E-state index contributed by atoms with van der Waals surface area (Å²) in [6, 6.07) is 0. The number of aryl methyl sites for hydroxylation is 1. The van der Waals surface area contributed by atoms with Gasteiger partial charge >= 0.3 is 5.97 Å². The Kier molecular flexibility index (Phi) is 3.52. The zero-order valence-electron chi connectivity index (χ0n) is 8.77. The van der Waals surface area contributed by atoms with E-state index >= 15 is 0 Å². The zero-order chi connectivity index (χ0) is 11.6. The first-order chi connectivity index (χ1) is 7.02. The van der Waals surface area contributed by atoms with E-state index in [0.717, 1.165) is 0 Å². The Morgan fingerprint density at radius 1 is 1.60 bits per heavy atom. The van der Waals surface area contributed by atoms with Crippen molar-refractivity contribution in [1.82, 2.24) is 9.55 Å². The second-order valence-electron chi connectivity index (χ2n) is 2.91. The first-order valence-corrected chi connectivity index (χ1v) is 5.64. The minimum atomic E-state index is -1.22. The SMILES string of the molecule is CCn1c(SC)nc(C)c(C(=O)O)c1=O. The molecular weight excluding hydrogens is 216 g/mol. The molecule has 0 aromatic carbocycles. The maximum Gasteiger partial charge on any atom is 0.343 e. The second-order valence-corrected chi connectivity index (χ2v) is 3.69. The average molecular weight is 228 g/mol. The first-order valence-electron chi connectivity index (χ1n) is 4.41. The van der Waals surface area contributed by atoms with E-state index < -0.39 is 11.5 Å². The molecule has 0 aliphatic rings. The lowest BCUT2D eigenvalue weighted by Gasteiger charge is -2.10. The minimum absolute atomic E-state index is 0.241. The molecule has 0 aliphatic heterocycles. The van der Waals surface area contributed by atoms with Crippen LogP contribution in [0.1, 0.15) is 23.0 Å². The van der Waals surface area contributed by atoms with Crippen LogP contribution in [0.25, 0.3) is 0 Å². The fourth-order valence-electron chi connectivity index (χ4n) is 1.32. The lowest BCUT2D eigenvalue weighted by molar-refractivity contribution is 0.0692. The van der Waals surface area contributed by atoms with E-state index in [1.165, 1.54) is 23.3 Å². The smallest absolute Gasteiger partial charge is 0.343 e. The number of nitrogens with zero attached hydrogens (tertiary/aromatic N) is 2. The average Bonchev–Trinajstić information content (AvgIpc) is 2.16. The molecule has 0 saturated heterocycles. The van der Waals surface area contributed by atoms with Gasteiger partial charge in [0.1, 0.15) is 5.56 Å². The number of carboxylic acids is 1. The highest BCUT2D eigenvalue weighted by Gasteiger charge is 2.17. The Labute approximate surface area is 91.1 Å². The number of aromatic carboxylic acids is 1. The van der Waals surface area contributed by atoms with E-state index in [1.54, 1.807) is 13.2 Å². The van der Waals surface area contributed by atoms with Crippen LogP contribution in [0, 0.1) is 6.92 Å². The lowest BCUT2D eigenvalue weighted by Crippen LogP contribution is -2.29. The maximum atomic E-state index is 11.8. The Balaban J connectivity index is 3.59. The summed E-state index contributed by atoms with van der Waals surface area (Å²) in [5.41, 5.74) is -0.460. The number of aromatic nitrogens is 2. The number of hydrogen-bond donors (Lipinski definition) is 1. The van der Waals surface area contributed by atoms with Crippen LogP contribution in [0.4, 0.5) is 0 Å². The number of hydrogen-bond acceptors (Lipinski definition) is 4. The quantitative estimate of drug-likeness (QED) is 0.617. The highest BCUT2D eigenvalue weighted by Crippen LogP contribution is 2.12. The van der Waals surface area contributed by atoms with E-state index in [-0.39, 0.29) is 11.3 Å². The molecule has 1 aromatic heterocycles. The largest absolute Gasteiger partial charge is 0.477 e. The number of carbonyl (C=O) groups is 1. The van der Waals surface area contributed by atoms with Crippen LogP contribution in [0.15, 0.2) is 9.95 Å². The van der Waals surface area contributed by atoms with Crippen molar-refractivity contribution in [3.05, 3.63) is 21.6 Å². The fraction of sp³-hybridized carbons (Fsp3) is 0.444. The molecule has 0 fully saturated rings. The predicted octanol–water partition coefficient (Wildman–Crippen LogP) is 0.992. The van der Waals surface area contributed by atoms with Crippen LogP contribution in [-0.4, -0.2) is 26.9 Å². The number of thioether (sulfide) groups is 1. The van der Waals surface area contributed by atoms with Crippen molar-refractivity contribution in [2.45, 2.75) is 25.5 Å². The molecule has 0 saturated carbocycles. The topological polar surface area (TPSA) is 72.2 Å². The summed E-state index contributed by atoms with van der Waals surface area (Å²) in [5.74, 6) is -1.22. The number of carboxylic acid groups (broad SMARTS) is 1. The van der Waals surface area contributed by atoms with Crippen LogP contribution in [0.2, 0.25) is 0 Å². The first kappa shape index (κ1) is 11.8. The molecule has 1 aromatic rings. The third-order valence-corrected chi connectivity index (χ3v) is 2.70. The van der Waals surface area contributed by atoms with Crippen molar-refractivity contribution in [2.75, 3.05) is 6.26 Å². The Morgan fingerprint density at radius 3 is 2.60 bits per heavy atom. The summed E-state index contributed by atoms with van der Waals surface area (Å²) in [5, 5.41) is 9.42. The van der Waals surface area contributed by atoms with E-state index in [0.29, 0.717) is 11.7 Å². The highest BCUT2D eigenvalue weighted by atomic mass is 32.2. The molecule has 0 atom stereocenters. The van der Waals surface area contributed by atoms with Gasteiger partial charge in [0.05, 0.1) is 5.69 Å². The molecule has 5 nitrogen and oxygen atoms in total. The van der Waals surface area contributed by atoms with Crippen molar-refractivity contribution >= 4 is 17.7 Å². The molecule has 0 amide bonds. The molecule has 0 spiro atoms. The maximum absolute atomic E-state index is 11.8. The molecule has 1 heterocycles. The van der Waals surface area contributed by atoms with Crippen molar-refractivity contribution in [1.29, 1.82) is 0 Å². The van der Waals surface area contributed by atoms with Gasteiger partial charge in [0, 0.05) is 6.54 Å². The van der Waals surface area contributed by atoms with Crippen molar-refractivity contribution < 1.29 is 9.90 Å². The van der Waals surface area contributed by atoms with Gasteiger partial charge < -0.3 is 5.11 Å². The summed E-state index contributed by atoms with van der Waals surface area (Å²) in [6.45, 7) is 3.73. The summed E-state index contributed by atoms with van der Waals surface area (Å²) in [7, 11) is 0. The van der Waals surface area contributed by atoms with Crippen molar-refractivity contribution in [3.8, 4) is 0 Å². The van der Waals surface area contributed by atoms with E-state index in [4.69, 9.17) is 5.11 Å². The van der Waals surface area contributed by atoms with Gasteiger partial charge in [0.15, 0.2) is 5.16 Å². The third kappa shape index (κ3) is 2.04. The monoisotopic (exact) mass is 228 g/mol. The lowest BCUT2D eigenvalue weighted by atomic mass is 10.2. The second kappa shape index (κ2) is 4.48. The van der Waals surface area contributed by atoms with Crippen LogP contribution in [0.5, 0.6) is 0 Å². The molecule has 1 N–H and O–H groups in total. The molecule has 0 bridgehead atoms. The molecule has 0 radical (unpaired) electrons. The normalized spacial score (nSPS) is 10.3. The summed E-state index contributed by atoms with van der Waals surface area (Å²) < 4.78 is 1.36. The van der Waals surface area contributed by atoms with Crippen LogP contribution < -0.4 is 5.56 Å². The molecule has 1 rings (SSSR count). The van der Waals surface area contributed by atoms with Crippen LogP contribution in [-0.2, 0) is 6.54 Å². The van der Waals surface area contributed by atoms with Gasteiger partial charge in [-0.25, -0.2) is 9.78 Å². The zero-order valence-corrected chi connectivity index (χ0v) is 9.59. The van der Waals surface area contributed by atoms with Gasteiger partial charge in [-0.3, -0.25) is 9.36 Å². The van der Waals surface area contributed by atoms with Gasteiger partial charge in [-0.1, -0.05) is 11.8 Å². The van der Waals surface area contributed by atoms with Gasteiger partial charge in [0.25, 0.3) is 5.56 Å². The minimum Gasteiger partial charge on any atom is -0.477 e. The van der Waals surface area contributed by atoms with Gasteiger partial charge in [-0.2, -0.15) is 0 Å². The van der Waals surface area contributed by atoms with E-state index in [9.17, 15) is 9.59 Å². The molecule has 6 heteroatoms. The predicted molar refractivity (Wildman–Crippen MR) is 57.6 cm³/mol. The summed E-state index contributed by atoms with van der Waals surface area (Å²) >= 11 is 1.33. The standard InChI is InChI=1S/C9H12N2O3S/c1-4-11-7(12)6(8(13)14)5(2)10-9(11)15-3/h4H2,1-3H3,(H,13,14). The van der Waals surface area contributed by atoms with E-state index in [1.807, 2.05) is 0 Å². The van der Waals surface area contributed by atoms with Gasteiger partial charge in [-0.15, -0.1) is 0 Å². The van der Waals surface area contributed by atoms with Crippen molar-refractivity contribution in [3.63, 3.8) is 0 Å². The molecular formula is C9H12N2O3S. The molecule has 82 valence electrons. The molecule has 0 unspecified atom stereocenters. The summed E-state index contributed by atoms with van der Waals surface area (Å²) in [4.78, 5) is 26.7. The fourth-order valence-corrected chi connectivity index (χ4v) is 1.98. The third-order valence-electron chi connectivity index (χ3n) is 2.03. The summed E-state index contributed by atoms with van der Waals surface area (Å²) in [6.07, 6.45) is 1.80. The highest BCUT2D eigenvalue weighted by molar-refractivity contribution is 7.98. The van der Waals surface area contributed by atoms with Crippen molar-refractivity contribution in [2.24, 2.45) is 0 Å². The Bertz CT molecular complexity index is 453. The van der Waals surface area contributed by atoms with Crippen LogP contribution in [0.3, 0.4) is 0 Å². The molecule has 0 aliphatic carbocycles. The Hall–Kier alpha value is -1.30. The van der Waals surface area contributed by atoms with Crippen LogP contribution >= 0.6 is 11.8 Å². The van der Waals surface area contributed by atoms with E-state index in [2.05, 4.69) is 4.98 Å². The Morgan fingerprint density at radius 2 is 2.20 bits per heavy atom. The number of rotatable bonds is 3. The van der Waals surface area contributed by atoms with Gasteiger partial charge in [0.2, 0.25) is 0 Å².